The van der Waals surface area contributed by atoms with Gasteiger partial charge in [0.1, 0.15) is 0 Å². The van der Waals surface area contributed by atoms with Gasteiger partial charge in [0, 0.05) is 19.0 Å². The van der Waals surface area contributed by atoms with E-state index >= 15 is 0 Å². The summed E-state index contributed by atoms with van der Waals surface area (Å²) in [4.78, 5) is 12.3. The van der Waals surface area contributed by atoms with E-state index in [1.807, 2.05) is 30.3 Å². The van der Waals surface area contributed by atoms with E-state index in [1.54, 1.807) is 0 Å². The van der Waals surface area contributed by atoms with Crippen molar-refractivity contribution >= 4 is 18.3 Å². The summed E-state index contributed by atoms with van der Waals surface area (Å²) in [6.07, 6.45) is 6.01. The molecule has 2 aliphatic rings. The molecule has 0 bridgehead atoms. The van der Waals surface area contributed by atoms with Gasteiger partial charge in [-0.15, -0.1) is 12.4 Å². The number of hydrogen-bond acceptors (Lipinski definition) is 3. The van der Waals surface area contributed by atoms with Crippen LogP contribution in [0.2, 0.25) is 0 Å². The number of halogens is 1. The molecule has 1 aromatic rings. The minimum atomic E-state index is -0.532. The lowest BCUT2D eigenvalue weighted by Crippen LogP contribution is -2.45. The smallest absolute Gasteiger partial charge is 0.237 e. The highest BCUT2D eigenvalue weighted by atomic mass is 35.5. The monoisotopic (exact) mass is 338 g/mol. The number of carbonyl (C=O) groups is 1. The van der Waals surface area contributed by atoms with Crippen molar-refractivity contribution in [3.63, 3.8) is 0 Å². The van der Waals surface area contributed by atoms with Crippen molar-refractivity contribution in [2.45, 2.75) is 56.7 Å². The maximum absolute atomic E-state index is 12.3. The van der Waals surface area contributed by atoms with E-state index in [-0.39, 0.29) is 24.4 Å². The van der Waals surface area contributed by atoms with E-state index in [2.05, 4.69) is 10.6 Å². The number of aliphatic hydroxyl groups excluding tert-OH is 1. The summed E-state index contributed by atoms with van der Waals surface area (Å²) < 4.78 is 0. The number of fused-ring (bicyclic) bond motifs is 1. The van der Waals surface area contributed by atoms with Crippen LogP contribution in [0.5, 0.6) is 0 Å². The van der Waals surface area contributed by atoms with Crippen molar-refractivity contribution in [1.29, 1.82) is 0 Å². The number of hydrogen-bond donors (Lipinski definition) is 3. The van der Waals surface area contributed by atoms with Crippen molar-refractivity contribution in [3.8, 4) is 0 Å². The molecule has 3 N–H and O–H groups in total. The number of nitrogens with one attached hydrogen (secondary N) is 2. The SMILES string of the molecule is Cl.O=C(NCC(O)Cc1ccccc1)C1CC2CCCCC2N1. The zero-order valence-corrected chi connectivity index (χ0v) is 14.2. The van der Waals surface area contributed by atoms with Crippen LogP contribution in [0.25, 0.3) is 0 Å². The van der Waals surface area contributed by atoms with Crippen LogP contribution in [0.4, 0.5) is 0 Å². The molecule has 4 nitrogen and oxygen atoms in total. The molecule has 5 heteroatoms. The molecule has 1 saturated heterocycles. The molecule has 1 aliphatic heterocycles. The number of benzene rings is 1. The van der Waals surface area contributed by atoms with E-state index in [1.165, 1.54) is 25.7 Å². The molecule has 1 heterocycles. The summed E-state index contributed by atoms with van der Waals surface area (Å²) in [7, 11) is 0. The van der Waals surface area contributed by atoms with Gasteiger partial charge in [-0.3, -0.25) is 4.79 Å². The first-order valence-corrected chi connectivity index (χ1v) is 8.48. The minimum absolute atomic E-state index is 0. The first-order valence-electron chi connectivity index (χ1n) is 8.48. The Balaban J connectivity index is 0.00000192. The van der Waals surface area contributed by atoms with Gasteiger partial charge >= 0.3 is 0 Å². The van der Waals surface area contributed by atoms with Crippen LogP contribution >= 0.6 is 12.4 Å². The maximum atomic E-state index is 12.3. The van der Waals surface area contributed by atoms with Crippen molar-refractivity contribution in [3.05, 3.63) is 35.9 Å². The van der Waals surface area contributed by atoms with Crippen LogP contribution in [-0.2, 0) is 11.2 Å². The van der Waals surface area contributed by atoms with Gasteiger partial charge < -0.3 is 15.7 Å². The Morgan fingerprint density at radius 3 is 2.74 bits per heavy atom. The molecular formula is C18H27ClN2O2. The van der Waals surface area contributed by atoms with Crippen molar-refractivity contribution < 1.29 is 9.90 Å². The lowest BCUT2D eigenvalue weighted by molar-refractivity contribution is -0.123. The molecule has 2 fully saturated rings. The van der Waals surface area contributed by atoms with Crippen LogP contribution in [0.15, 0.2) is 30.3 Å². The quantitative estimate of drug-likeness (QED) is 0.770. The van der Waals surface area contributed by atoms with Gasteiger partial charge in [0.15, 0.2) is 0 Å². The van der Waals surface area contributed by atoms with Gasteiger partial charge in [0.25, 0.3) is 0 Å². The molecule has 128 valence electrons. The Kier molecular flexibility index (Phi) is 6.88. The second kappa shape index (κ2) is 8.67. The second-order valence-corrected chi connectivity index (χ2v) is 6.69. The average Bonchev–Trinajstić information content (AvgIpc) is 2.98. The average molecular weight is 339 g/mol. The fourth-order valence-corrected chi connectivity index (χ4v) is 3.82. The Morgan fingerprint density at radius 1 is 1.26 bits per heavy atom. The predicted octanol–water partition coefficient (Wildman–Crippen LogP) is 2.05. The number of aliphatic hydroxyl groups is 1. The minimum Gasteiger partial charge on any atom is -0.391 e. The van der Waals surface area contributed by atoms with E-state index in [0.29, 0.717) is 24.9 Å². The van der Waals surface area contributed by atoms with Crippen molar-refractivity contribution in [1.82, 2.24) is 10.6 Å². The third-order valence-corrected chi connectivity index (χ3v) is 5.01. The first kappa shape index (κ1) is 18.2. The maximum Gasteiger partial charge on any atom is 0.237 e. The summed E-state index contributed by atoms with van der Waals surface area (Å²) in [5.74, 6) is 0.709. The molecule has 1 amide bonds. The summed E-state index contributed by atoms with van der Waals surface area (Å²) in [6.45, 7) is 0.321. The molecule has 1 aliphatic carbocycles. The number of amides is 1. The standard InChI is InChI=1S/C18H26N2O2.ClH/c21-15(10-13-6-2-1-3-7-13)12-19-18(22)17-11-14-8-4-5-9-16(14)20-17;/h1-3,6-7,14-17,20-21H,4-5,8-12H2,(H,19,22);1H. The summed E-state index contributed by atoms with van der Waals surface area (Å²) in [5.41, 5.74) is 1.09. The van der Waals surface area contributed by atoms with Gasteiger partial charge in [-0.25, -0.2) is 0 Å². The van der Waals surface area contributed by atoms with E-state index in [0.717, 1.165) is 12.0 Å². The molecule has 1 aromatic carbocycles. The first-order chi connectivity index (χ1) is 10.7. The molecule has 0 spiro atoms. The summed E-state index contributed by atoms with van der Waals surface area (Å²) in [6, 6.07) is 10.3. The van der Waals surface area contributed by atoms with Gasteiger partial charge in [0.05, 0.1) is 12.1 Å². The van der Waals surface area contributed by atoms with Gasteiger partial charge in [-0.05, 0) is 30.7 Å². The lowest BCUT2D eigenvalue weighted by Gasteiger charge is -2.24. The van der Waals surface area contributed by atoms with Crippen LogP contribution in [0.1, 0.15) is 37.7 Å². The highest BCUT2D eigenvalue weighted by Crippen LogP contribution is 2.33. The predicted molar refractivity (Wildman–Crippen MR) is 93.7 cm³/mol. The molecule has 1 saturated carbocycles. The summed E-state index contributed by atoms with van der Waals surface area (Å²) >= 11 is 0. The van der Waals surface area contributed by atoms with Crippen molar-refractivity contribution in [2.24, 2.45) is 5.92 Å². The lowest BCUT2D eigenvalue weighted by atomic mass is 9.85. The van der Waals surface area contributed by atoms with Crippen LogP contribution in [0, 0.1) is 5.92 Å². The fourth-order valence-electron chi connectivity index (χ4n) is 3.82. The molecule has 3 rings (SSSR count). The zero-order valence-electron chi connectivity index (χ0n) is 13.4. The van der Waals surface area contributed by atoms with Crippen LogP contribution < -0.4 is 10.6 Å². The fraction of sp³-hybridized carbons (Fsp3) is 0.611. The van der Waals surface area contributed by atoms with E-state index in [4.69, 9.17) is 0 Å². The zero-order chi connectivity index (χ0) is 15.4. The Hall–Kier alpha value is -1.10. The Morgan fingerprint density at radius 2 is 2.00 bits per heavy atom. The summed E-state index contributed by atoms with van der Waals surface area (Å²) in [5, 5.41) is 16.4. The van der Waals surface area contributed by atoms with E-state index in [9.17, 15) is 9.90 Å². The molecular weight excluding hydrogens is 312 g/mol. The Labute approximate surface area is 144 Å². The van der Waals surface area contributed by atoms with Crippen molar-refractivity contribution in [2.75, 3.05) is 6.54 Å². The third-order valence-electron chi connectivity index (χ3n) is 5.01. The third kappa shape index (κ3) is 4.93. The Bertz CT molecular complexity index is 483. The topological polar surface area (TPSA) is 61.4 Å². The molecule has 23 heavy (non-hydrogen) atoms. The van der Waals surface area contributed by atoms with E-state index < -0.39 is 6.10 Å². The van der Waals surface area contributed by atoms with Crippen LogP contribution in [-0.4, -0.2) is 35.7 Å². The van der Waals surface area contributed by atoms with Crippen LogP contribution in [0.3, 0.4) is 0 Å². The normalized spacial score (nSPS) is 27.6. The number of carbonyl (C=O) groups excluding carboxylic acids is 1. The molecule has 0 radical (unpaired) electrons. The molecule has 4 atom stereocenters. The highest BCUT2D eigenvalue weighted by Gasteiger charge is 2.38. The highest BCUT2D eigenvalue weighted by molar-refractivity contribution is 5.85. The van der Waals surface area contributed by atoms with Gasteiger partial charge in [-0.2, -0.15) is 0 Å². The second-order valence-electron chi connectivity index (χ2n) is 6.69. The van der Waals surface area contributed by atoms with Gasteiger partial charge in [-0.1, -0.05) is 43.2 Å². The molecule has 0 aromatic heterocycles. The van der Waals surface area contributed by atoms with Gasteiger partial charge in [0.2, 0.25) is 5.91 Å². The largest absolute Gasteiger partial charge is 0.391 e. The molecule has 4 unspecified atom stereocenters. The number of rotatable bonds is 5.